The Morgan fingerprint density at radius 1 is 0.957 bits per heavy atom. The van der Waals surface area contributed by atoms with Crippen molar-refractivity contribution in [3.63, 3.8) is 0 Å². The van der Waals surface area contributed by atoms with E-state index >= 15 is 0 Å². The Labute approximate surface area is 139 Å². The van der Waals surface area contributed by atoms with Crippen LogP contribution in [0.25, 0.3) is 0 Å². The maximum atomic E-state index is 11.9. The molecule has 1 atom stereocenters. The lowest BCUT2D eigenvalue weighted by Gasteiger charge is -2.16. The molecule has 0 radical (unpaired) electrons. The molecule has 0 aromatic heterocycles. The first kappa shape index (κ1) is 19.2. The summed E-state index contributed by atoms with van der Waals surface area (Å²) in [6.45, 7) is 4.54. The number of benzene rings is 1. The van der Waals surface area contributed by atoms with Crippen LogP contribution in [-0.4, -0.2) is 18.5 Å². The molecule has 128 valence electrons. The Morgan fingerprint density at radius 2 is 1.61 bits per heavy atom. The zero-order valence-corrected chi connectivity index (χ0v) is 14.3. The van der Waals surface area contributed by atoms with E-state index < -0.39 is 0 Å². The first-order chi connectivity index (χ1) is 11.2. The van der Waals surface area contributed by atoms with E-state index in [1.807, 2.05) is 37.3 Å². The first-order valence-electron chi connectivity index (χ1n) is 8.57. The van der Waals surface area contributed by atoms with Crippen LogP contribution in [0.2, 0.25) is 0 Å². The number of carbonyl (C=O) groups is 2. The molecule has 0 saturated carbocycles. The summed E-state index contributed by atoms with van der Waals surface area (Å²) in [5.74, 6) is -0.386. The monoisotopic (exact) mass is 320 g/mol. The molecule has 1 unspecified atom stereocenters. The van der Waals surface area contributed by atoms with Crippen LogP contribution in [-0.2, 0) is 19.1 Å². The average Bonchev–Trinajstić information content (AvgIpc) is 2.57. The molecule has 0 N–H and O–H groups in total. The first-order valence-corrected chi connectivity index (χ1v) is 8.57. The highest BCUT2D eigenvalue weighted by Gasteiger charge is 2.14. The fourth-order valence-corrected chi connectivity index (χ4v) is 2.21. The lowest BCUT2D eigenvalue weighted by atomic mass is 10.1. The Bertz CT molecular complexity index is 456. The summed E-state index contributed by atoms with van der Waals surface area (Å²) in [6, 6.07) is 9.76. The van der Waals surface area contributed by atoms with Gasteiger partial charge in [0.15, 0.2) is 0 Å². The summed E-state index contributed by atoms with van der Waals surface area (Å²) >= 11 is 0. The highest BCUT2D eigenvalue weighted by atomic mass is 16.5. The summed E-state index contributed by atoms with van der Waals surface area (Å²) < 4.78 is 10.6. The van der Waals surface area contributed by atoms with Gasteiger partial charge in [-0.2, -0.15) is 0 Å². The SMILES string of the molecule is CCCCOC(=O)CCCCC(=O)OC(CC)c1ccccc1. The van der Waals surface area contributed by atoms with Gasteiger partial charge in [0.25, 0.3) is 0 Å². The molecular formula is C19H28O4. The lowest BCUT2D eigenvalue weighted by molar-refractivity contribution is -0.150. The molecule has 0 spiro atoms. The van der Waals surface area contributed by atoms with Gasteiger partial charge in [-0.05, 0) is 31.2 Å². The van der Waals surface area contributed by atoms with E-state index in [4.69, 9.17) is 9.47 Å². The molecule has 0 saturated heterocycles. The van der Waals surface area contributed by atoms with Gasteiger partial charge in [-0.3, -0.25) is 9.59 Å². The van der Waals surface area contributed by atoms with E-state index in [1.54, 1.807) is 0 Å². The summed E-state index contributed by atoms with van der Waals surface area (Å²) in [5.41, 5.74) is 1.02. The highest BCUT2D eigenvalue weighted by molar-refractivity contribution is 5.70. The molecule has 0 aliphatic rings. The van der Waals surface area contributed by atoms with Gasteiger partial charge >= 0.3 is 11.9 Å². The summed E-state index contributed by atoms with van der Waals surface area (Å²) in [4.78, 5) is 23.3. The minimum atomic E-state index is -0.208. The average molecular weight is 320 g/mol. The van der Waals surface area contributed by atoms with E-state index in [9.17, 15) is 9.59 Å². The van der Waals surface area contributed by atoms with Crippen LogP contribution < -0.4 is 0 Å². The van der Waals surface area contributed by atoms with Crippen LogP contribution >= 0.6 is 0 Å². The van der Waals surface area contributed by atoms with Crippen molar-refractivity contribution < 1.29 is 19.1 Å². The number of rotatable bonds is 11. The molecule has 0 aliphatic heterocycles. The van der Waals surface area contributed by atoms with Crippen LogP contribution in [0.1, 0.15) is 70.5 Å². The Balaban J connectivity index is 2.20. The molecule has 0 heterocycles. The van der Waals surface area contributed by atoms with Gasteiger partial charge in [0.1, 0.15) is 6.10 Å². The maximum Gasteiger partial charge on any atom is 0.306 e. The van der Waals surface area contributed by atoms with Crippen molar-refractivity contribution in [3.05, 3.63) is 35.9 Å². The van der Waals surface area contributed by atoms with Gasteiger partial charge in [-0.15, -0.1) is 0 Å². The second-order valence-electron chi connectivity index (χ2n) is 5.58. The van der Waals surface area contributed by atoms with Crippen molar-refractivity contribution in [3.8, 4) is 0 Å². The third-order valence-corrected chi connectivity index (χ3v) is 3.59. The second-order valence-corrected chi connectivity index (χ2v) is 5.58. The molecule has 0 bridgehead atoms. The van der Waals surface area contributed by atoms with Gasteiger partial charge in [0.05, 0.1) is 6.61 Å². The van der Waals surface area contributed by atoms with Crippen molar-refractivity contribution in [2.24, 2.45) is 0 Å². The van der Waals surface area contributed by atoms with Crippen LogP contribution in [0, 0.1) is 0 Å². The smallest absolute Gasteiger partial charge is 0.306 e. The lowest BCUT2D eigenvalue weighted by Crippen LogP contribution is -2.11. The molecule has 1 aromatic rings. The molecule has 0 amide bonds. The number of carbonyl (C=O) groups excluding carboxylic acids is 2. The highest BCUT2D eigenvalue weighted by Crippen LogP contribution is 2.21. The Morgan fingerprint density at radius 3 is 2.22 bits per heavy atom. The fourth-order valence-electron chi connectivity index (χ4n) is 2.21. The Kier molecular flexibility index (Phi) is 9.76. The quantitative estimate of drug-likeness (QED) is 0.442. The van der Waals surface area contributed by atoms with E-state index in [0.29, 0.717) is 32.3 Å². The molecule has 0 aliphatic carbocycles. The van der Waals surface area contributed by atoms with Crippen LogP contribution in [0.3, 0.4) is 0 Å². The minimum absolute atomic E-state index is 0.178. The number of hydrogen-bond donors (Lipinski definition) is 0. The van der Waals surface area contributed by atoms with E-state index in [2.05, 4.69) is 6.92 Å². The van der Waals surface area contributed by atoms with Gasteiger partial charge in [0, 0.05) is 12.8 Å². The van der Waals surface area contributed by atoms with E-state index in [1.165, 1.54) is 0 Å². The van der Waals surface area contributed by atoms with Gasteiger partial charge in [-0.25, -0.2) is 0 Å². The van der Waals surface area contributed by atoms with Crippen molar-refractivity contribution in [2.45, 2.75) is 64.9 Å². The standard InChI is InChI=1S/C19H28O4/c1-3-5-15-22-18(20)13-9-10-14-19(21)23-17(4-2)16-11-7-6-8-12-16/h6-8,11-12,17H,3-5,9-10,13-15H2,1-2H3. The topological polar surface area (TPSA) is 52.6 Å². The van der Waals surface area contributed by atoms with Crippen molar-refractivity contribution in [1.29, 1.82) is 0 Å². The summed E-state index contributed by atoms with van der Waals surface area (Å²) in [6.07, 6.45) is 4.48. The predicted molar refractivity (Wildman–Crippen MR) is 89.9 cm³/mol. The van der Waals surface area contributed by atoms with E-state index in [-0.39, 0.29) is 18.0 Å². The molecular weight excluding hydrogens is 292 g/mol. The normalized spacial score (nSPS) is 11.7. The summed E-state index contributed by atoms with van der Waals surface area (Å²) in [5, 5.41) is 0. The van der Waals surface area contributed by atoms with Gasteiger partial charge in [0.2, 0.25) is 0 Å². The van der Waals surface area contributed by atoms with Gasteiger partial charge < -0.3 is 9.47 Å². The second kappa shape index (κ2) is 11.7. The minimum Gasteiger partial charge on any atom is -0.466 e. The predicted octanol–water partition coefficient (Wildman–Crippen LogP) is 4.58. The molecule has 23 heavy (non-hydrogen) atoms. The third kappa shape index (κ3) is 8.38. The molecule has 1 aromatic carbocycles. The number of ether oxygens (including phenoxy) is 2. The molecule has 1 rings (SSSR count). The molecule has 4 nitrogen and oxygen atoms in total. The van der Waals surface area contributed by atoms with Gasteiger partial charge in [-0.1, -0.05) is 50.6 Å². The van der Waals surface area contributed by atoms with Crippen molar-refractivity contribution in [2.75, 3.05) is 6.61 Å². The van der Waals surface area contributed by atoms with Crippen molar-refractivity contribution in [1.82, 2.24) is 0 Å². The molecule has 0 fully saturated rings. The van der Waals surface area contributed by atoms with E-state index in [0.717, 1.165) is 24.8 Å². The number of unbranched alkanes of at least 4 members (excludes halogenated alkanes) is 2. The summed E-state index contributed by atoms with van der Waals surface area (Å²) in [7, 11) is 0. The van der Waals surface area contributed by atoms with Crippen LogP contribution in [0.15, 0.2) is 30.3 Å². The number of esters is 2. The van der Waals surface area contributed by atoms with Crippen molar-refractivity contribution >= 4 is 11.9 Å². The van der Waals surface area contributed by atoms with Crippen LogP contribution in [0.5, 0.6) is 0 Å². The zero-order chi connectivity index (χ0) is 16.9. The third-order valence-electron chi connectivity index (χ3n) is 3.59. The van der Waals surface area contributed by atoms with Crippen LogP contribution in [0.4, 0.5) is 0 Å². The Hall–Kier alpha value is -1.84. The fraction of sp³-hybridized carbons (Fsp3) is 0.579. The maximum absolute atomic E-state index is 11.9. The molecule has 4 heteroatoms. The largest absolute Gasteiger partial charge is 0.466 e. The number of hydrogen-bond acceptors (Lipinski definition) is 4. The zero-order valence-electron chi connectivity index (χ0n) is 14.3.